The molecule has 3 heterocycles. The van der Waals surface area contributed by atoms with E-state index in [1.807, 2.05) is 18.5 Å². The first-order chi connectivity index (χ1) is 16.8. The number of nitrogens with zero attached hydrogens (tertiary/aromatic N) is 4. The number of likely N-dealkylation sites (tertiary alicyclic amines) is 1. The monoisotopic (exact) mass is 477 g/mol. The molecular formula is C27H35N5O3. The molecule has 2 aromatic heterocycles. The van der Waals surface area contributed by atoms with E-state index < -0.39 is 0 Å². The number of pyridine rings is 1. The average Bonchev–Trinajstić information content (AvgIpc) is 3.16. The molecule has 0 bridgehead atoms. The molecule has 0 aliphatic carbocycles. The highest BCUT2D eigenvalue weighted by molar-refractivity contribution is 5.85. The predicted molar refractivity (Wildman–Crippen MR) is 136 cm³/mol. The van der Waals surface area contributed by atoms with E-state index in [1.165, 1.54) is 5.56 Å². The Kier molecular flexibility index (Phi) is 7.38. The maximum absolute atomic E-state index is 12.7. The smallest absolute Gasteiger partial charge is 0.409 e. The molecular weight excluding hydrogens is 442 g/mol. The van der Waals surface area contributed by atoms with Crippen LogP contribution >= 0.6 is 0 Å². The standard InChI is InChI=1S/C27H35N5O3/c1-6-35-27(34)31-15-13-21(14-16-31)29-24(33)12-11-23-18(3)25-20(5)30-32(26(25)28-19(23)4)22-9-7-17(2)8-10-22/h7-10,21H,6,11-16H2,1-5H3,(H,29,33). The fraction of sp³-hybridized carbons (Fsp3) is 0.481. The second-order valence-corrected chi connectivity index (χ2v) is 9.36. The summed E-state index contributed by atoms with van der Waals surface area (Å²) >= 11 is 0. The lowest BCUT2D eigenvalue weighted by molar-refractivity contribution is -0.122. The van der Waals surface area contributed by atoms with Crippen molar-refractivity contribution in [2.45, 2.75) is 66.3 Å². The molecule has 8 heteroatoms. The van der Waals surface area contributed by atoms with Gasteiger partial charge >= 0.3 is 6.09 Å². The van der Waals surface area contributed by atoms with Gasteiger partial charge in [0.05, 0.1) is 18.0 Å². The van der Waals surface area contributed by atoms with Crippen LogP contribution in [0.4, 0.5) is 4.79 Å². The molecule has 8 nitrogen and oxygen atoms in total. The van der Waals surface area contributed by atoms with E-state index >= 15 is 0 Å². The second-order valence-electron chi connectivity index (χ2n) is 9.36. The minimum absolute atomic E-state index is 0.0329. The van der Waals surface area contributed by atoms with E-state index in [9.17, 15) is 9.59 Å². The minimum atomic E-state index is -0.271. The molecule has 1 aromatic carbocycles. The van der Waals surface area contributed by atoms with Gasteiger partial charge in [-0.1, -0.05) is 17.7 Å². The highest BCUT2D eigenvalue weighted by Crippen LogP contribution is 2.28. The van der Waals surface area contributed by atoms with E-state index in [0.717, 1.165) is 52.1 Å². The van der Waals surface area contributed by atoms with Crippen molar-refractivity contribution < 1.29 is 14.3 Å². The molecule has 35 heavy (non-hydrogen) atoms. The van der Waals surface area contributed by atoms with E-state index in [-0.39, 0.29) is 18.0 Å². The van der Waals surface area contributed by atoms with Gasteiger partial charge in [0.15, 0.2) is 5.65 Å². The molecule has 1 saturated heterocycles. The Labute approximate surface area is 206 Å². The van der Waals surface area contributed by atoms with Crippen molar-refractivity contribution in [3.8, 4) is 5.69 Å². The Hall–Kier alpha value is -3.42. The molecule has 0 saturated carbocycles. The van der Waals surface area contributed by atoms with Crippen LogP contribution in [0.15, 0.2) is 24.3 Å². The third-order valence-electron chi connectivity index (χ3n) is 6.84. The zero-order valence-corrected chi connectivity index (χ0v) is 21.4. The lowest BCUT2D eigenvalue weighted by Gasteiger charge is -2.31. The maximum atomic E-state index is 12.7. The third kappa shape index (κ3) is 5.31. The van der Waals surface area contributed by atoms with Gasteiger partial charge in [-0.2, -0.15) is 5.10 Å². The normalized spacial score (nSPS) is 14.4. The third-order valence-corrected chi connectivity index (χ3v) is 6.84. The number of aromatic nitrogens is 3. The summed E-state index contributed by atoms with van der Waals surface area (Å²) in [4.78, 5) is 31.2. The van der Waals surface area contributed by atoms with Gasteiger partial charge in [-0.15, -0.1) is 0 Å². The Morgan fingerprint density at radius 1 is 1.06 bits per heavy atom. The molecule has 0 spiro atoms. The van der Waals surface area contributed by atoms with E-state index in [4.69, 9.17) is 14.8 Å². The molecule has 1 aliphatic heterocycles. The largest absolute Gasteiger partial charge is 0.450 e. The van der Waals surface area contributed by atoms with Crippen LogP contribution in [0.1, 0.15) is 54.3 Å². The van der Waals surface area contributed by atoms with E-state index in [0.29, 0.717) is 32.5 Å². The van der Waals surface area contributed by atoms with E-state index in [1.54, 1.807) is 11.8 Å². The van der Waals surface area contributed by atoms with Crippen molar-refractivity contribution in [2.24, 2.45) is 0 Å². The van der Waals surface area contributed by atoms with Gasteiger partial charge in [0.25, 0.3) is 0 Å². The fourth-order valence-corrected chi connectivity index (χ4v) is 4.90. The average molecular weight is 478 g/mol. The number of aryl methyl sites for hydroxylation is 4. The Morgan fingerprint density at radius 3 is 2.40 bits per heavy atom. The maximum Gasteiger partial charge on any atom is 0.409 e. The molecule has 1 fully saturated rings. The molecule has 0 unspecified atom stereocenters. The summed E-state index contributed by atoms with van der Waals surface area (Å²) in [5, 5.41) is 8.97. The zero-order chi connectivity index (χ0) is 25.1. The first kappa shape index (κ1) is 24.7. The van der Waals surface area contributed by atoms with Crippen molar-refractivity contribution in [2.75, 3.05) is 19.7 Å². The quantitative estimate of drug-likeness (QED) is 0.571. The van der Waals surface area contributed by atoms with Gasteiger partial charge in [-0.3, -0.25) is 4.79 Å². The van der Waals surface area contributed by atoms with Crippen LogP contribution in [0.3, 0.4) is 0 Å². The molecule has 4 rings (SSSR count). The summed E-state index contributed by atoms with van der Waals surface area (Å²) in [6.07, 6.45) is 2.25. The number of rotatable bonds is 6. The number of ether oxygens (including phenoxy) is 1. The highest BCUT2D eigenvalue weighted by atomic mass is 16.6. The van der Waals surface area contributed by atoms with Gasteiger partial charge in [-0.25, -0.2) is 14.5 Å². The number of hydrogen-bond acceptors (Lipinski definition) is 5. The van der Waals surface area contributed by atoms with Crippen LogP contribution in [0.25, 0.3) is 16.7 Å². The van der Waals surface area contributed by atoms with Gasteiger partial charge in [0, 0.05) is 36.6 Å². The SMILES string of the molecule is CCOC(=O)N1CCC(NC(=O)CCc2c(C)nc3c(c(C)nn3-c3ccc(C)cc3)c2C)CC1. The van der Waals surface area contributed by atoms with Crippen molar-refractivity contribution >= 4 is 23.0 Å². The van der Waals surface area contributed by atoms with Crippen molar-refractivity contribution in [3.63, 3.8) is 0 Å². The first-order valence-corrected chi connectivity index (χ1v) is 12.4. The summed E-state index contributed by atoms with van der Waals surface area (Å²) < 4.78 is 6.97. The Morgan fingerprint density at radius 2 is 1.74 bits per heavy atom. The lowest BCUT2D eigenvalue weighted by atomic mass is 9.98. The molecule has 0 radical (unpaired) electrons. The molecule has 0 atom stereocenters. The predicted octanol–water partition coefficient (Wildman–Crippen LogP) is 4.32. The zero-order valence-electron chi connectivity index (χ0n) is 21.4. The number of carbonyl (C=O) groups is 2. The molecule has 186 valence electrons. The van der Waals surface area contributed by atoms with Gasteiger partial charge < -0.3 is 15.0 Å². The van der Waals surface area contributed by atoms with Crippen molar-refractivity contribution in [1.29, 1.82) is 0 Å². The summed E-state index contributed by atoms with van der Waals surface area (Å²) in [5.41, 5.74) is 7.15. The number of amides is 2. The van der Waals surface area contributed by atoms with Crippen LogP contribution in [0.2, 0.25) is 0 Å². The molecule has 2 amide bonds. The van der Waals surface area contributed by atoms with Gasteiger partial charge in [0.2, 0.25) is 5.91 Å². The fourth-order valence-electron chi connectivity index (χ4n) is 4.90. The summed E-state index contributed by atoms with van der Waals surface area (Å²) in [6, 6.07) is 8.36. The summed E-state index contributed by atoms with van der Waals surface area (Å²) in [6.45, 7) is 11.6. The van der Waals surface area contributed by atoms with E-state index in [2.05, 4.69) is 43.4 Å². The summed E-state index contributed by atoms with van der Waals surface area (Å²) in [5.74, 6) is 0.0329. The van der Waals surface area contributed by atoms with Crippen molar-refractivity contribution in [1.82, 2.24) is 25.0 Å². The van der Waals surface area contributed by atoms with Gasteiger partial charge in [-0.05, 0) is 77.1 Å². The van der Waals surface area contributed by atoms with Crippen LogP contribution in [-0.2, 0) is 16.0 Å². The Bertz CT molecular complexity index is 1220. The molecule has 1 aliphatic rings. The van der Waals surface area contributed by atoms with Crippen molar-refractivity contribution in [3.05, 3.63) is 52.3 Å². The van der Waals surface area contributed by atoms with Gasteiger partial charge in [0.1, 0.15) is 0 Å². The molecule has 1 N–H and O–H groups in total. The second kappa shape index (κ2) is 10.5. The highest BCUT2D eigenvalue weighted by Gasteiger charge is 2.25. The van der Waals surface area contributed by atoms with Crippen LogP contribution in [0, 0.1) is 27.7 Å². The number of carbonyl (C=O) groups excluding carboxylic acids is 2. The lowest BCUT2D eigenvalue weighted by Crippen LogP contribution is -2.46. The Balaban J connectivity index is 1.42. The van der Waals surface area contributed by atoms with Crippen LogP contribution < -0.4 is 5.32 Å². The first-order valence-electron chi connectivity index (χ1n) is 12.4. The number of benzene rings is 1. The number of hydrogen-bond donors (Lipinski definition) is 1. The molecule has 3 aromatic rings. The number of nitrogens with one attached hydrogen (secondary N) is 1. The topological polar surface area (TPSA) is 89.3 Å². The minimum Gasteiger partial charge on any atom is -0.450 e. The summed E-state index contributed by atoms with van der Waals surface area (Å²) in [7, 11) is 0. The van der Waals surface area contributed by atoms with Crippen LogP contribution in [0.5, 0.6) is 0 Å². The van der Waals surface area contributed by atoms with Crippen LogP contribution in [-0.4, -0.2) is 57.4 Å². The number of fused-ring (bicyclic) bond motifs is 1. The number of piperidine rings is 1.